The van der Waals surface area contributed by atoms with Gasteiger partial charge >= 0.3 is 74.2 Å². The standard InChI is InChI=1S/C34H57NO45S6/c1-63-14-10(7-67-82(48,49)50)70-31(11(17(14)64-2)35-81(45,46)47)73-22-20(65-3)26(79-85(57,58)59)34(75-24(22)28(40)41)72-16-9(6-37)69-32(13(39)19(16)78-84(54,55)56)74-23-21(66-4)27(80-86(60,61)62)33(76-25(23)29(42)43)71-15-8(5-36)68-30(44)12(38)18(15)77-83(51,52)53/h8-27,30-39,44H,5-7H2,1-4H3,(H,40,41)(H,42,43)(H,45,46,47)(H,48,49,50)(H,51,52,53)(H,54,55,56)(H,57,58,59)(H,60,61,62)/t8-,9-,10-,11-,12-,13-,14-,15-,16-,17-,18-,19-,20+,21+,22+,23+,24+,25-,26-,27-,30+,31-,32-,33-,34-/m1/s1. The number of carbonyl (C=O) groups is 2. The first-order valence-electron chi connectivity index (χ1n) is 23.2. The van der Waals surface area contributed by atoms with Crippen LogP contribution in [0.3, 0.4) is 0 Å². The Kier molecular flexibility index (Phi) is 25.3. The highest BCUT2D eigenvalue weighted by Crippen LogP contribution is 2.40. The van der Waals surface area contributed by atoms with Gasteiger partial charge in [-0.3, -0.25) is 27.3 Å². The normalized spacial score (nSPS) is 39.8. The third-order valence-electron chi connectivity index (χ3n) is 12.6. The van der Waals surface area contributed by atoms with Gasteiger partial charge in [0.05, 0.1) is 19.8 Å². The second kappa shape index (κ2) is 29.4. The molecule has 5 saturated heterocycles. The number of aliphatic hydroxyl groups is 5. The van der Waals surface area contributed by atoms with E-state index in [1.165, 1.54) is 0 Å². The predicted octanol–water partition coefficient (Wildman–Crippen LogP) is -10.6. The maximum atomic E-state index is 13.1. The summed E-state index contributed by atoms with van der Waals surface area (Å²) in [5, 5.41) is 74.1. The Hall–Kier alpha value is -2.56. The molecule has 5 rings (SSSR count). The maximum absolute atomic E-state index is 13.1. The summed E-state index contributed by atoms with van der Waals surface area (Å²) in [6, 6.07) is -2.16. The summed E-state index contributed by atoms with van der Waals surface area (Å²) in [6.07, 6.45) is -60.6. The number of aliphatic hydroxyl groups excluding tert-OH is 5. The predicted molar refractivity (Wildman–Crippen MR) is 251 cm³/mol. The number of carboxylic acid groups (broad SMARTS) is 2. The first-order chi connectivity index (χ1) is 39.5. The van der Waals surface area contributed by atoms with Crippen molar-refractivity contribution < 1.29 is 206 Å². The molecule has 0 bridgehead atoms. The summed E-state index contributed by atoms with van der Waals surface area (Å²) in [4.78, 5) is 26.0. The summed E-state index contributed by atoms with van der Waals surface area (Å²) >= 11 is 0. The smallest absolute Gasteiger partial charge is 0.397 e. The molecule has 0 spiro atoms. The van der Waals surface area contributed by atoms with E-state index in [1.54, 1.807) is 4.72 Å². The van der Waals surface area contributed by atoms with Gasteiger partial charge in [-0.25, -0.2) is 30.5 Å². The Bertz CT molecular complexity index is 2990. The number of aliphatic carboxylic acids is 2. The van der Waals surface area contributed by atoms with Gasteiger partial charge in [0.25, 0.3) is 0 Å². The number of hydrogen-bond donors (Lipinski definition) is 14. The highest BCUT2D eigenvalue weighted by atomic mass is 32.3. The van der Waals surface area contributed by atoms with Crippen molar-refractivity contribution in [1.82, 2.24) is 4.72 Å². The van der Waals surface area contributed by atoms with E-state index in [4.69, 9.17) is 65.8 Å². The molecule has 52 heteroatoms. The molecule has 0 aromatic rings. The van der Waals surface area contributed by atoms with Crippen molar-refractivity contribution in [2.45, 2.75) is 153 Å². The summed E-state index contributed by atoms with van der Waals surface area (Å²) in [5.41, 5.74) is 0. The van der Waals surface area contributed by atoms with Crippen LogP contribution in [0.25, 0.3) is 0 Å². The first kappa shape index (κ1) is 74.2. The Morgan fingerprint density at radius 1 is 0.407 bits per heavy atom. The lowest BCUT2D eigenvalue weighted by atomic mass is 9.94. The van der Waals surface area contributed by atoms with Crippen molar-refractivity contribution >= 4 is 74.2 Å². The molecule has 46 nitrogen and oxygen atoms in total. The summed E-state index contributed by atoms with van der Waals surface area (Å²) < 4.78 is 299. The number of hydrogen-bond acceptors (Lipinski definition) is 37. The lowest BCUT2D eigenvalue weighted by molar-refractivity contribution is -0.383. The molecule has 0 radical (unpaired) electrons. The van der Waals surface area contributed by atoms with Gasteiger partial charge in [-0.1, -0.05) is 0 Å². The number of carboxylic acids is 2. The average molecular weight is 1390 g/mol. The molecule has 14 N–H and O–H groups in total. The third-order valence-corrected chi connectivity index (χ3v) is 15.4. The summed E-state index contributed by atoms with van der Waals surface area (Å²) in [7, 11) is -31.2. The van der Waals surface area contributed by atoms with Crippen LogP contribution >= 0.6 is 0 Å². The molecule has 5 fully saturated rings. The average Bonchev–Trinajstić information content (AvgIpc) is 1.11. The zero-order valence-electron chi connectivity index (χ0n) is 43.4. The van der Waals surface area contributed by atoms with Crippen LogP contribution in [0.15, 0.2) is 0 Å². The minimum Gasteiger partial charge on any atom is -0.479 e. The van der Waals surface area contributed by atoms with Crippen LogP contribution in [0.4, 0.5) is 0 Å². The Morgan fingerprint density at radius 2 is 0.767 bits per heavy atom. The van der Waals surface area contributed by atoms with E-state index in [2.05, 4.69) is 16.7 Å². The molecule has 5 heterocycles. The van der Waals surface area contributed by atoms with Gasteiger partial charge < -0.3 is 97.3 Å². The van der Waals surface area contributed by atoms with Gasteiger partial charge in [-0.15, -0.1) is 0 Å². The Balaban J connectivity index is 1.56. The molecule has 504 valence electrons. The Morgan fingerprint density at radius 3 is 1.13 bits per heavy atom. The minimum absolute atomic E-state index is 0.627. The van der Waals surface area contributed by atoms with Crippen molar-refractivity contribution in [3.05, 3.63) is 0 Å². The minimum atomic E-state index is -6.03. The molecule has 5 aliphatic rings. The van der Waals surface area contributed by atoms with Gasteiger partial charge in [-0.2, -0.15) is 55.2 Å². The SMILES string of the molecule is CO[C@@H]1[C@@H](OS(=O)(=O)O)[C@H](O[C@H]2[C@H](OS(=O)(=O)O)[C@@H](O)[C@@H](O[C@H]3[C@H](OC)[C@@H](OS(=O)(=O)O)[C@H](O[C@H]4[C@H](OS(=O)(=O)O)[C@@H](O)[C@@H](O)O[C@@H]4CO)O[C@H]3C(=O)O)O[C@@H]2CO)O[C@H](C(=O)O)[C@H]1O[C@H]1O[C@H](COS(=O)(=O)O)[C@@H](OC)[C@H](OC)[C@H]1NS(=O)(=O)O. The quantitative estimate of drug-likeness (QED) is 0.0309. The van der Waals surface area contributed by atoms with Crippen LogP contribution < -0.4 is 4.72 Å². The van der Waals surface area contributed by atoms with E-state index in [-0.39, 0.29) is 0 Å². The number of methoxy groups -OCH3 is 4. The topological polar surface area (TPSA) is 680 Å². The highest BCUT2D eigenvalue weighted by Gasteiger charge is 2.62. The summed E-state index contributed by atoms with van der Waals surface area (Å²) in [6.45, 7) is -4.16. The van der Waals surface area contributed by atoms with E-state index < -0.39 is 248 Å². The van der Waals surface area contributed by atoms with Gasteiger partial charge in [0.15, 0.2) is 55.9 Å². The van der Waals surface area contributed by atoms with Crippen LogP contribution in [0, 0.1) is 0 Å². The van der Waals surface area contributed by atoms with Crippen molar-refractivity contribution in [2.24, 2.45) is 0 Å². The summed E-state index contributed by atoms with van der Waals surface area (Å²) in [5.74, 6) is -4.44. The third kappa shape index (κ3) is 19.5. The zero-order valence-corrected chi connectivity index (χ0v) is 48.3. The molecule has 0 unspecified atom stereocenters. The zero-order chi connectivity index (χ0) is 65.1. The lowest BCUT2D eigenvalue weighted by Gasteiger charge is -2.50. The monoisotopic (exact) mass is 1390 g/mol. The fraction of sp³-hybridized carbons (Fsp3) is 0.941. The van der Waals surface area contributed by atoms with Gasteiger partial charge in [0.2, 0.25) is 0 Å². The molecule has 0 saturated carbocycles. The van der Waals surface area contributed by atoms with E-state index in [1.807, 2.05) is 0 Å². The van der Waals surface area contributed by atoms with Gasteiger partial charge in [0.1, 0.15) is 97.6 Å². The van der Waals surface area contributed by atoms with Gasteiger partial charge in [-0.05, 0) is 0 Å². The van der Waals surface area contributed by atoms with Crippen molar-refractivity contribution in [1.29, 1.82) is 0 Å². The van der Waals surface area contributed by atoms with Crippen molar-refractivity contribution in [2.75, 3.05) is 48.3 Å². The molecule has 86 heavy (non-hydrogen) atoms. The van der Waals surface area contributed by atoms with E-state index in [0.717, 1.165) is 14.2 Å². The lowest BCUT2D eigenvalue weighted by Crippen LogP contribution is -2.70. The largest absolute Gasteiger partial charge is 0.479 e. The molecule has 0 amide bonds. The molecule has 5 aliphatic heterocycles. The van der Waals surface area contributed by atoms with Crippen LogP contribution in [-0.4, -0.2) is 327 Å². The van der Waals surface area contributed by atoms with Crippen LogP contribution in [0.5, 0.6) is 0 Å². The second-order valence-corrected chi connectivity index (χ2v) is 24.5. The van der Waals surface area contributed by atoms with E-state index in [0.29, 0.717) is 14.2 Å². The van der Waals surface area contributed by atoms with Crippen LogP contribution in [0.1, 0.15) is 0 Å². The second-order valence-electron chi connectivity index (χ2n) is 18.0. The fourth-order valence-electron chi connectivity index (χ4n) is 9.39. The van der Waals surface area contributed by atoms with Gasteiger partial charge in [0, 0.05) is 28.4 Å². The van der Waals surface area contributed by atoms with Crippen molar-refractivity contribution in [3.8, 4) is 0 Å². The molecule has 0 aromatic heterocycles. The molecule has 25 atom stereocenters. The van der Waals surface area contributed by atoms with Crippen LogP contribution in [-0.2, 0) is 154 Å². The van der Waals surface area contributed by atoms with Crippen LogP contribution in [0.2, 0.25) is 0 Å². The fourth-order valence-corrected chi connectivity index (χ4v) is 12.3. The maximum Gasteiger partial charge on any atom is 0.397 e. The first-order valence-corrected chi connectivity index (χ1v) is 31.5. The number of ether oxygens (including phenoxy) is 13. The highest BCUT2D eigenvalue weighted by molar-refractivity contribution is 7.83. The van der Waals surface area contributed by atoms with Crippen molar-refractivity contribution in [3.63, 3.8) is 0 Å². The molecular weight excluding hydrogens is 1330 g/mol. The number of rotatable bonds is 29. The Labute approximate surface area is 484 Å². The van der Waals surface area contributed by atoms with E-state index in [9.17, 15) is 123 Å². The number of nitrogens with one attached hydrogen (secondary N) is 1. The molecule has 0 aromatic carbocycles. The molecule has 0 aliphatic carbocycles. The molecular formula is C34H57NO45S6. The van der Waals surface area contributed by atoms with E-state index >= 15 is 0 Å².